The number of carbonyl (C=O) groups is 1. The first-order valence-corrected chi connectivity index (χ1v) is 11.4. The number of H-pyrrole nitrogens is 1. The van der Waals surface area contributed by atoms with Crippen LogP contribution in [-0.2, 0) is 6.54 Å². The third-order valence-electron chi connectivity index (χ3n) is 6.05. The number of aryl methyl sites for hydroxylation is 1. The van der Waals surface area contributed by atoms with Crippen molar-refractivity contribution in [2.24, 2.45) is 0 Å². The van der Waals surface area contributed by atoms with Crippen LogP contribution >= 0.6 is 0 Å². The Morgan fingerprint density at radius 2 is 1.70 bits per heavy atom. The molecule has 1 atom stereocenters. The summed E-state index contributed by atoms with van der Waals surface area (Å²) in [6, 6.07) is 26.2. The van der Waals surface area contributed by atoms with Gasteiger partial charge < -0.3 is 9.64 Å². The number of benzene rings is 3. The number of carbonyl (C=O) groups excluding carboxylic acids is 1. The van der Waals surface area contributed by atoms with Crippen molar-refractivity contribution in [1.29, 1.82) is 0 Å². The molecule has 1 amide bonds. The molecule has 0 spiro atoms. The number of aromatic nitrogens is 2. The van der Waals surface area contributed by atoms with Gasteiger partial charge in [-0.1, -0.05) is 79.2 Å². The highest BCUT2D eigenvalue weighted by atomic mass is 16.5. The number of fused-ring (bicyclic) bond motifs is 1. The third-order valence-corrected chi connectivity index (χ3v) is 6.05. The van der Waals surface area contributed by atoms with Gasteiger partial charge in [0, 0.05) is 17.7 Å². The average Bonchev–Trinajstić information content (AvgIpc) is 3.39. The van der Waals surface area contributed by atoms with E-state index in [1.807, 2.05) is 35.2 Å². The van der Waals surface area contributed by atoms with E-state index >= 15 is 0 Å². The number of aromatic amines is 1. The fourth-order valence-corrected chi connectivity index (χ4v) is 4.38. The topological polar surface area (TPSA) is 58.2 Å². The molecule has 3 aromatic carbocycles. The monoisotopic (exact) mass is 437 g/mol. The molecule has 0 saturated carbocycles. The first-order chi connectivity index (χ1) is 16.2. The molecule has 5 nitrogen and oxygen atoms in total. The smallest absolute Gasteiger partial charge is 0.273 e. The van der Waals surface area contributed by atoms with E-state index in [9.17, 15) is 4.79 Å². The maximum Gasteiger partial charge on any atom is 0.273 e. The van der Waals surface area contributed by atoms with Crippen LogP contribution in [-0.4, -0.2) is 27.6 Å². The molecule has 2 heterocycles. The minimum Gasteiger partial charge on any atom is -0.494 e. The van der Waals surface area contributed by atoms with Crippen LogP contribution in [0.3, 0.4) is 0 Å². The Hall–Kier alpha value is -3.86. The second kappa shape index (κ2) is 8.94. The van der Waals surface area contributed by atoms with Crippen molar-refractivity contribution >= 4 is 5.91 Å². The van der Waals surface area contributed by atoms with Gasteiger partial charge in [0.25, 0.3) is 5.91 Å². The Morgan fingerprint density at radius 1 is 0.970 bits per heavy atom. The zero-order valence-corrected chi connectivity index (χ0v) is 18.9. The molecule has 1 N–H and O–H groups in total. The third kappa shape index (κ3) is 4.02. The molecule has 5 rings (SSSR count). The molecular weight excluding hydrogens is 410 g/mol. The largest absolute Gasteiger partial charge is 0.494 e. The highest BCUT2D eigenvalue weighted by Gasteiger charge is 2.42. The molecular formula is C28H27N3O2. The maximum atomic E-state index is 13.5. The summed E-state index contributed by atoms with van der Waals surface area (Å²) in [5.74, 6) is 0.807. The lowest BCUT2D eigenvalue weighted by atomic mass is 9.95. The Bertz CT molecular complexity index is 1240. The molecule has 1 aliphatic heterocycles. The minimum absolute atomic E-state index is 0.0315. The van der Waals surface area contributed by atoms with Gasteiger partial charge in [-0.2, -0.15) is 5.10 Å². The zero-order valence-electron chi connectivity index (χ0n) is 18.9. The predicted molar refractivity (Wildman–Crippen MR) is 129 cm³/mol. The van der Waals surface area contributed by atoms with E-state index in [0.717, 1.165) is 40.1 Å². The SMILES string of the molecule is CCCOc1ccc(C2c3c(-c4ccc(C)cc4)n[nH]c3C(=O)N2Cc2ccccc2)cc1. The van der Waals surface area contributed by atoms with Gasteiger partial charge in [0.05, 0.1) is 18.3 Å². The first kappa shape index (κ1) is 21.0. The summed E-state index contributed by atoms with van der Waals surface area (Å²) in [6.07, 6.45) is 0.960. The quantitative estimate of drug-likeness (QED) is 0.390. The molecule has 33 heavy (non-hydrogen) atoms. The van der Waals surface area contributed by atoms with Crippen molar-refractivity contribution in [3.63, 3.8) is 0 Å². The van der Waals surface area contributed by atoms with Crippen LogP contribution in [0.1, 0.15) is 52.1 Å². The summed E-state index contributed by atoms with van der Waals surface area (Å²) in [6.45, 7) is 5.36. The van der Waals surface area contributed by atoms with Crippen molar-refractivity contribution < 1.29 is 9.53 Å². The summed E-state index contributed by atoms with van der Waals surface area (Å²) >= 11 is 0. The molecule has 0 saturated heterocycles. The fraction of sp³-hybridized carbons (Fsp3) is 0.214. The molecule has 1 aliphatic rings. The average molecular weight is 438 g/mol. The van der Waals surface area contributed by atoms with Crippen LogP contribution in [0, 0.1) is 6.92 Å². The summed E-state index contributed by atoms with van der Waals surface area (Å²) in [5, 5.41) is 7.60. The van der Waals surface area contributed by atoms with Crippen molar-refractivity contribution in [2.75, 3.05) is 6.61 Å². The van der Waals surface area contributed by atoms with E-state index in [1.165, 1.54) is 5.56 Å². The number of hydrogen-bond acceptors (Lipinski definition) is 3. The van der Waals surface area contributed by atoms with Crippen molar-refractivity contribution in [2.45, 2.75) is 32.9 Å². The maximum absolute atomic E-state index is 13.5. The highest BCUT2D eigenvalue weighted by Crippen LogP contribution is 2.43. The number of hydrogen-bond donors (Lipinski definition) is 1. The van der Waals surface area contributed by atoms with Gasteiger partial charge in [0.1, 0.15) is 11.4 Å². The molecule has 166 valence electrons. The Labute approximate surface area is 194 Å². The Balaban J connectivity index is 1.58. The standard InChI is InChI=1S/C28H27N3O2/c1-3-17-33-23-15-13-22(14-16-23)27-24-25(21-11-9-19(2)10-12-21)29-30-26(24)28(32)31(27)18-20-7-5-4-6-8-20/h4-16,27H,3,17-18H2,1-2H3,(H,29,30). The number of nitrogens with one attached hydrogen (secondary N) is 1. The minimum atomic E-state index is -0.233. The molecule has 1 aromatic heterocycles. The van der Waals surface area contributed by atoms with Crippen LogP contribution in [0.4, 0.5) is 0 Å². The highest BCUT2D eigenvalue weighted by molar-refractivity contribution is 6.00. The van der Waals surface area contributed by atoms with E-state index in [0.29, 0.717) is 18.8 Å². The van der Waals surface area contributed by atoms with Crippen LogP contribution in [0.5, 0.6) is 5.75 Å². The lowest BCUT2D eigenvalue weighted by Gasteiger charge is -2.26. The summed E-state index contributed by atoms with van der Waals surface area (Å²) in [5.41, 5.74) is 6.64. The van der Waals surface area contributed by atoms with Gasteiger partial charge in [-0.25, -0.2) is 0 Å². The predicted octanol–water partition coefficient (Wildman–Crippen LogP) is 5.92. The van der Waals surface area contributed by atoms with Crippen molar-refractivity contribution in [1.82, 2.24) is 15.1 Å². The number of ether oxygens (including phenoxy) is 1. The van der Waals surface area contributed by atoms with Gasteiger partial charge in [-0.3, -0.25) is 9.89 Å². The molecule has 0 radical (unpaired) electrons. The first-order valence-electron chi connectivity index (χ1n) is 11.4. The second-order valence-electron chi connectivity index (χ2n) is 8.47. The number of nitrogens with zero attached hydrogens (tertiary/aromatic N) is 2. The van der Waals surface area contributed by atoms with E-state index in [2.05, 4.69) is 72.6 Å². The van der Waals surface area contributed by atoms with Crippen LogP contribution in [0.25, 0.3) is 11.3 Å². The van der Waals surface area contributed by atoms with E-state index < -0.39 is 0 Å². The van der Waals surface area contributed by atoms with Crippen LogP contribution in [0.2, 0.25) is 0 Å². The lowest BCUT2D eigenvalue weighted by Crippen LogP contribution is -2.29. The molecule has 4 aromatic rings. The second-order valence-corrected chi connectivity index (χ2v) is 8.47. The fourth-order valence-electron chi connectivity index (χ4n) is 4.38. The lowest BCUT2D eigenvalue weighted by molar-refractivity contribution is 0.0730. The van der Waals surface area contributed by atoms with Gasteiger partial charge in [0.2, 0.25) is 0 Å². The molecule has 5 heteroatoms. The Morgan fingerprint density at radius 3 is 2.39 bits per heavy atom. The zero-order chi connectivity index (χ0) is 22.8. The molecule has 1 unspecified atom stereocenters. The summed E-state index contributed by atoms with van der Waals surface area (Å²) in [4.78, 5) is 15.5. The normalized spacial score (nSPS) is 15.0. The Kier molecular flexibility index (Phi) is 5.69. The molecule has 0 bridgehead atoms. The number of amides is 1. The van der Waals surface area contributed by atoms with Gasteiger partial charge >= 0.3 is 0 Å². The van der Waals surface area contributed by atoms with Gasteiger partial charge in [0.15, 0.2) is 0 Å². The molecule has 0 fully saturated rings. The van der Waals surface area contributed by atoms with E-state index in [-0.39, 0.29) is 11.9 Å². The summed E-state index contributed by atoms with van der Waals surface area (Å²) in [7, 11) is 0. The van der Waals surface area contributed by atoms with Crippen molar-refractivity contribution in [3.05, 3.63) is 107 Å². The van der Waals surface area contributed by atoms with Crippen LogP contribution in [0.15, 0.2) is 78.9 Å². The van der Waals surface area contributed by atoms with Gasteiger partial charge in [-0.15, -0.1) is 0 Å². The van der Waals surface area contributed by atoms with Crippen molar-refractivity contribution in [3.8, 4) is 17.0 Å². The molecule has 0 aliphatic carbocycles. The van der Waals surface area contributed by atoms with Crippen LogP contribution < -0.4 is 4.74 Å². The van der Waals surface area contributed by atoms with E-state index in [4.69, 9.17) is 4.74 Å². The van der Waals surface area contributed by atoms with E-state index in [1.54, 1.807) is 0 Å². The van der Waals surface area contributed by atoms with Gasteiger partial charge in [-0.05, 0) is 36.6 Å². The summed E-state index contributed by atoms with van der Waals surface area (Å²) < 4.78 is 5.78. The number of rotatable bonds is 7.